The molecule has 0 saturated carbocycles. The number of ether oxygens (including phenoxy) is 5. The molecule has 1 atom stereocenters. The summed E-state index contributed by atoms with van der Waals surface area (Å²) in [5.74, 6) is 2.93. The summed E-state index contributed by atoms with van der Waals surface area (Å²) in [6.07, 6.45) is 3.44. The molecule has 320 valence electrons. The van der Waals surface area contributed by atoms with E-state index in [2.05, 4.69) is 4.90 Å². The molecule has 1 aromatic heterocycles. The van der Waals surface area contributed by atoms with Crippen molar-refractivity contribution in [3.63, 3.8) is 0 Å². The van der Waals surface area contributed by atoms with E-state index in [1.807, 2.05) is 64.1 Å². The van der Waals surface area contributed by atoms with Gasteiger partial charge in [0.25, 0.3) is 10.1 Å². The Morgan fingerprint density at radius 1 is 0.717 bits per heavy atom. The summed E-state index contributed by atoms with van der Waals surface area (Å²) in [5, 5.41) is 0. The third kappa shape index (κ3) is 8.89. The van der Waals surface area contributed by atoms with Crippen LogP contribution in [0.4, 0.5) is 4.39 Å². The van der Waals surface area contributed by atoms with Crippen molar-refractivity contribution < 1.29 is 45.5 Å². The number of methoxy groups -OCH3 is 5. The monoisotopic (exact) mass is 844 g/mol. The number of carbonyl (C=O) groups is 1. The number of benzene rings is 4. The molecule has 0 aliphatic carbocycles. The van der Waals surface area contributed by atoms with Gasteiger partial charge in [0.05, 0.1) is 58.3 Å². The molecule has 4 aromatic carbocycles. The number of amides is 1. The molecule has 2 aliphatic rings. The highest BCUT2D eigenvalue weighted by atomic mass is 32.2. The van der Waals surface area contributed by atoms with Crippen LogP contribution in [0.25, 0.3) is 11.0 Å². The number of carbonyl (C=O) groups excluding carboxylic acids is 1. The van der Waals surface area contributed by atoms with Gasteiger partial charge in [0.2, 0.25) is 11.7 Å². The summed E-state index contributed by atoms with van der Waals surface area (Å²) in [5.41, 5.74) is 2.19. The third-order valence-electron chi connectivity index (χ3n) is 11.9. The zero-order valence-electron chi connectivity index (χ0n) is 35.0. The zero-order valence-corrected chi connectivity index (χ0v) is 35.8. The van der Waals surface area contributed by atoms with Crippen molar-refractivity contribution in [2.24, 2.45) is 5.41 Å². The van der Waals surface area contributed by atoms with Crippen LogP contribution in [0.1, 0.15) is 48.2 Å². The van der Waals surface area contributed by atoms with Crippen LogP contribution in [0.2, 0.25) is 0 Å². The van der Waals surface area contributed by atoms with Crippen molar-refractivity contribution in [2.45, 2.75) is 50.8 Å². The minimum atomic E-state index is -3.93. The quantitative estimate of drug-likeness (QED) is 0.0941. The molecular weight excluding hydrogens is 792 g/mol. The van der Waals surface area contributed by atoms with Crippen molar-refractivity contribution in [3.05, 3.63) is 107 Å². The van der Waals surface area contributed by atoms with Gasteiger partial charge in [0, 0.05) is 32.7 Å². The predicted molar refractivity (Wildman–Crippen MR) is 225 cm³/mol. The normalized spacial score (nSPS) is 18.2. The maximum Gasteiger partial charge on any atom is 0.265 e. The van der Waals surface area contributed by atoms with E-state index in [1.165, 1.54) is 12.1 Å². The van der Waals surface area contributed by atoms with Gasteiger partial charge in [-0.15, -0.1) is 0 Å². The van der Waals surface area contributed by atoms with E-state index < -0.39 is 21.1 Å². The van der Waals surface area contributed by atoms with Crippen LogP contribution in [-0.4, -0.2) is 102 Å². The number of hydrogen-bond acceptors (Lipinski definition) is 11. The number of hydrogen-bond donors (Lipinski definition) is 0. The number of likely N-dealkylation sites (tertiary alicyclic amines) is 2. The fourth-order valence-electron chi connectivity index (χ4n) is 8.86. The molecule has 2 fully saturated rings. The number of para-hydroxylation sites is 2. The molecule has 3 heterocycles. The highest BCUT2D eigenvalue weighted by Gasteiger charge is 2.48. The fourth-order valence-corrected chi connectivity index (χ4v) is 9.68. The van der Waals surface area contributed by atoms with Gasteiger partial charge in [-0.2, -0.15) is 8.42 Å². The van der Waals surface area contributed by atoms with Crippen LogP contribution >= 0.6 is 0 Å². The highest BCUT2D eigenvalue weighted by molar-refractivity contribution is 7.86. The van der Waals surface area contributed by atoms with E-state index in [1.54, 1.807) is 47.7 Å². The summed E-state index contributed by atoms with van der Waals surface area (Å²) in [6, 6.07) is 23.4. The maximum atomic E-state index is 14.8. The van der Waals surface area contributed by atoms with Gasteiger partial charge >= 0.3 is 0 Å². The first-order valence-corrected chi connectivity index (χ1v) is 21.8. The Morgan fingerprint density at radius 2 is 1.35 bits per heavy atom. The Hall–Kier alpha value is -5.38. The Morgan fingerprint density at radius 3 is 1.98 bits per heavy atom. The molecule has 13 nitrogen and oxygen atoms in total. The molecule has 7 rings (SSSR count). The van der Waals surface area contributed by atoms with E-state index in [4.69, 9.17) is 32.9 Å². The van der Waals surface area contributed by atoms with Gasteiger partial charge in [-0.3, -0.25) is 8.98 Å². The van der Waals surface area contributed by atoms with E-state index in [0.717, 1.165) is 28.5 Å². The van der Waals surface area contributed by atoms with Crippen molar-refractivity contribution in [1.82, 2.24) is 19.4 Å². The van der Waals surface area contributed by atoms with Crippen LogP contribution < -0.4 is 23.7 Å². The van der Waals surface area contributed by atoms with Gasteiger partial charge in [-0.25, -0.2) is 9.37 Å². The minimum absolute atomic E-state index is 0.0484. The number of fused-ring (bicyclic) bond motifs is 1. The molecule has 1 amide bonds. The standard InChI is InChI=1S/C45H53FN4O9S/c1-54-37-16-13-32(25-38(37)55-2)28-44(18-24-49(43(44)51)29-33-26-39(56-3)41(58-5)40(27-33)57-4)17-21-48-22-19-45(20-23-48,59-60(6,52)53)42-47-35-9-7-8-10-36(35)50(42)30-31-11-14-34(46)15-12-31/h7-16,25-27H,17-24,28-30H2,1-6H3. The Bertz CT molecular complexity index is 2410. The summed E-state index contributed by atoms with van der Waals surface area (Å²) in [7, 11) is 3.95. The van der Waals surface area contributed by atoms with Gasteiger partial charge in [-0.05, 0) is 104 Å². The Balaban J connectivity index is 1.15. The number of piperidine rings is 1. The Kier molecular flexibility index (Phi) is 12.6. The molecular formula is C45H53FN4O9S. The first-order valence-electron chi connectivity index (χ1n) is 20.0. The summed E-state index contributed by atoms with van der Waals surface area (Å²) < 4.78 is 75.8. The smallest absolute Gasteiger partial charge is 0.265 e. The minimum Gasteiger partial charge on any atom is -0.493 e. The average molecular weight is 845 g/mol. The molecule has 0 spiro atoms. The van der Waals surface area contributed by atoms with E-state index in [-0.39, 0.29) is 11.7 Å². The molecule has 2 saturated heterocycles. The van der Waals surface area contributed by atoms with Gasteiger partial charge < -0.3 is 38.1 Å². The molecule has 5 aromatic rings. The second kappa shape index (κ2) is 17.7. The first kappa shape index (κ1) is 42.7. The predicted octanol–water partition coefficient (Wildman–Crippen LogP) is 6.59. The van der Waals surface area contributed by atoms with E-state index >= 15 is 0 Å². The lowest BCUT2D eigenvalue weighted by Crippen LogP contribution is -2.48. The van der Waals surface area contributed by atoms with Crippen LogP contribution in [0.5, 0.6) is 28.7 Å². The molecule has 0 bridgehead atoms. The van der Waals surface area contributed by atoms with Crippen molar-refractivity contribution in [3.8, 4) is 28.7 Å². The van der Waals surface area contributed by atoms with Crippen molar-refractivity contribution in [2.75, 3.05) is 68.0 Å². The summed E-state index contributed by atoms with van der Waals surface area (Å²) in [6.45, 7) is 2.87. The molecule has 60 heavy (non-hydrogen) atoms. The summed E-state index contributed by atoms with van der Waals surface area (Å²) in [4.78, 5) is 24.0. The lowest BCUT2D eigenvalue weighted by atomic mass is 9.76. The maximum absolute atomic E-state index is 14.8. The van der Waals surface area contributed by atoms with Crippen molar-refractivity contribution in [1.29, 1.82) is 0 Å². The molecule has 0 N–H and O–H groups in total. The first-order chi connectivity index (χ1) is 28.8. The zero-order chi connectivity index (χ0) is 42.7. The van der Waals surface area contributed by atoms with Crippen LogP contribution in [0.3, 0.4) is 0 Å². The molecule has 0 radical (unpaired) electrons. The number of rotatable bonds is 17. The van der Waals surface area contributed by atoms with Crippen LogP contribution in [-0.2, 0) is 44.2 Å². The number of aromatic nitrogens is 2. The van der Waals surface area contributed by atoms with Crippen molar-refractivity contribution >= 4 is 27.1 Å². The molecule has 15 heteroatoms. The lowest BCUT2D eigenvalue weighted by Gasteiger charge is -2.41. The van der Waals surface area contributed by atoms with E-state index in [9.17, 15) is 17.6 Å². The van der Waals surface area contributed by atoms with E-state index in [0.29, 0.717) is 111 Å². The number of halogens is 1. The van der Waals surface area contributed by atoms with Gasteiger partial charge in [0.1, 0.15) is 17.2 Å². The Labute approximate surface area is 351 Å². The number of imidazole rings is 1. The largest absolute Gasteiger partial charge is 0.493 e. The van der Waals surface area contributed by atoms with Gasteiger partial charge in [0.15, 0.2) is 23.0 Å². The van der Waals surface area contributed by atoms with Crippen LogP contribution in [0, 0.1) is 11.2 Å². The van der Waals surface area contributed by atoms with Crippen LogP contribution in [0.15, 0.2) is 78.9 Å². The lowest BCUT2D eigenvalue weighted by molar-refractivity contribution is -0.137. The molecule has 1 unspecified atom stereocenters. The van der Waals surface area contributed by atoms with Gasteiger partial charge in [-0.1, -0.05) is 30.3 Å². The SMILES string of the molecule is COc1ccc(CC2(CCN3CCC(OS(C)(=O)=O)(c4nc5ccccc5n4Cc4ccc(F)cc4)CC3)CCN(Cc3cc(OC)c(OC)c(OC)c3)C2=O)cc1OC. The molecule has 2 aliphatic heterocycles. The second-order valence-corrected chi connectivity index (χ2v) is 17.2. The topological polar surface area (TPSA) is 131 Å². The highest BCUT2D eigenvalue weighted by Crippen LogP contribution is 2.45. The average Bonchev–Trinajstić information content (AvgIpc) is 3.76. The number of nitrogens with zero attached hydrogens (tertiary/aromatic N) is 4. The summed E-state index contributed by atoms with van der Waals surface area (Å²) >= 11 is 0. The second-order valence-electron chi connectivity index (χ2n) is 15.7. The fraction of sp³-hybridized carbons (Fsp3) is 0.422. The third-order valence-corrected chi connectivity index (χ3v) is 12.5.